The molecule has 0 aromatic carbocycles. The van der Waals surface area contributed by atoms with Crippen LogP contribution < -0.4 is 10.6 Å². The van der Waals surface area contributed by atoms with Gasteiger partial charge in [0.05, 0.1) is 24.0 Å². The maximum absolute atomic E-state index is 11.5. The van der Waals surface area contributed by atoms with E-state index >= 15 is 0 Å². The quantitative estimate of drug-likeness (QED) is 0.751. The lowest BCUT2D eigenvalue weighted by Crippen LogP contribution is -2.41. The molecule has 0 bridgehead atoms. The standard InChI is InChI=1S/C12H15N3O3/c16-11(17)6-9-4-5-10(7-13-9)15-12(18)14-8-2-1-3-8/h4-5,7-8H,1-3,6H2,(H,16,17)(H2,14,15,18). The van der Waals surface area contributed by atoms with E-state index in [1.807, 2.05) is 0 Å². The Morgan fingerprint density at radius 2 is 2.17 bits per heavy atom. The summed E-state index contributed by atoms with van der Waals surface area (Å²) in [7, 11) is 0. The van der Waals surface area contributed by atoms with Crippen LogP contribution >= 0.6 is 0 Å². The number of nitrogens with zero attached hydrogens (tertiary/aromatic N) is 1. The molecule has 1 aliphatic rings. The Morgan fingerprint density at radius 1 is 1.39 bits per heavy atom. The molecule has 0 unspecified atom stereocenters. The fourth-order valence-corrected chi connectivity index (χ4v) is 1.66. The van der Waals surface area contributed by atoms with Crippen molar-refractivity contribution in [2.45, 2.75) is 31.7 Å². The Labute approximate surface area is 104 Å². The van der Waals surface area contributed by atoms with Gasteiger partial charge in [-0.2, -0.15) is 0 Å². The number of aromatic nitrogens is 1. The van der Waals surface area contributed by atoms with Crippen LogP contribution in [-0.2, 0) is 11.2 Å². The predicted molar refractivity (Wildman–Crippen MR) is 65.4 cm³/mol. The van der Waals surface area contributed by atoms with Gasteiger partial charge in [0.2, 0.25) is 0 Å². The van der Waals surface area contributed by atoms with Crippen molar-refractivity contribution in [2.24, 2.45) is 0 Å². The molecular formula is C12H15N3O3. The monoisotopic (exact) mass is 249 g/mol. The van der Waals surface area contributed by atoms with Gasteiger partial charge < -0.3 is 15.7 Å². The molecule has 2 rings (SSSR count). The lowest BCUT2D eigenvalue weighted by molar-refractivity contribution is -0.136. The van der Waals surface area contributed by atoms with E-state index in [0.29, 0.717) is 11.4 Å². The van der Waals surface area contributed by atoms with Crippen LogP contribution in [0.25, 0.3) is 0 Å². The Bertz CT molecular complexity index is 440. The number of carbonyl (C=O) groups excluding carboxylic acids is 1. The van der Waals surface area contributed by atoms with Crippen LogP contribution in [0.4, 0.5) is 10.5 Å². The lowest BCUT2D eigenvalue weighted by Gasteiger charge is -2.26. The highest BCUT2D eigenvalue weighted by molar-refractivity contribution is 5.89. The second-order valence-corrected chi connectivity index (χ2v) is 4.34. The van der Waals surface area contributed by atoms with E-state index in [9.17, 15) is 9.59 Å². The van der Waals surface area contributed by atoms with Crippen molar-refractivity contribution in [1.82, 2.24) is 10.3 Å². The van der Waals surface area contributed by atoms with Gasteiger partial charge in [-0.25, -0.2) is 4.79 Å². The zero-order valence-corrected chi connectivity index (χ0v) is 9.85. The van der Waals surface area contributed by atoms with Crippen molar-refractivity contribution in [3.63, 3.8) is 0 Å². The molecule has 1 aromatic rings. The smallest absolute Gasteiger partial charge is 0.319 e. The first kappa shape index (κ1) is 12.3. The summed E-state index contributed by atoms with van der Waals surface area (Å²) in [5.41, 5.74) is 1.02. The van der Waals surface area contributed by atoms with Gasteiger partial charge in [0.15, 0.2) is 0 Å². The highest BCUT2D eigenvalue weighted by atomic mass is 16.4. The van der Waals surface area contributed by atoms with E-state index in [-0.39, 0.29) is 18.5 Å². The molecule has 6 heteroatoms. The summed E-state index contributed by atoms with van der Waals surface area (Å²) in [6.45, 7) is 0. The Morgan fingerprint density at radius 3 is 2.67 bits per heavy atom. The average molecular weight is 249 g/mol. The number of carboxylic acid groups (broad SMARTS) is 1. The van der Waals surface area contributed by atoms with Gasteiger partial charge in [0.25, 0.3) is 0 Å². The summed E-state index contributed by atoms with van der Waals surface area (Å²) in [5, 5.41) is 14.1. The number of aliphatic carboxylic acids is 1. The summed E-state index contributed by atoms with van der Waals surface area (Å²) in [6.07, 6.45) is 4.57. The fourth-order valence-electron chi connectivity index (χ4n) is 1.66. The number of carboxylic acids is 1. The molecule has 0 atom stereocenters. The molecule has 1 aliphatic carbocycles. The van der Waals surface area contributed by atoms with Gasteiger partial charge in [-0.3, -0.25) is 9.78 Å². The summed E-state index contributed by atoms with van der Waals surface area (Å²) >= 11 is 0. The molecule has 1 saturated carbocycles. The van der Waals surface area contributed by atoms with Crippen LogP contribution in [0.3, 0.4) is 0 Å². The number of hydrogen-bond donors (Lipinski definition) is 3. The number of rotatable bonds is 4. The van der Waals surface area contributed by atoms with Gasteiger partial charge in [-0.1, -0.05) is 0 Å². The Kier molecular flexibility index (Phi) is 3.76. The Hall–Kier alpha value is -2.11. The number of nitrogens with one attached hydrogen (secondary N) is 2. The first-order valence-corrected chi connectivity index (χ1v) is 5.88. The number of anilines is 1. The molecule has 0 aliphatic heterocycles. The first-order valence-electron chi connectivity index (χ1n) is 5.88. The predicted octanol–water partition coefficient (Wildman–Crippen LogP) is 1.38. The minimum Gasteiger partial charge on any atom is -0.481 e. The van der Waals surface area contributed by atoms with Crippen molar-refractivity contribution in [1.29, 1.82) is 0 Å². The highest BCUT2D eigenvalue weighted by Gasteiger charge is 2.19. The van der Waals surface area contributed by atoms with E-state index in [1.165, 1.54) is 6.20 Å². The SMILES string of the molecule is O=C(O)Cc1ccc(NC(=O)NC2CCC2)cn1. The van der Waals surface area contributed by atoms with E-state index in [4.69, 9.17) is 5.11 Å². The number of amides is 2. The van der Waals surface area contributed by atoms with Gasteiger partial charge in [0.1, 0.15) is 0 Å². The molecule has 96 valence electrons. The molecule has 0 spiro atoms. The molecule has 2 amide bonds. The topological polar surface area (TPSA) is 91.3 Å². The summed E-state index contributed by atoms with van der Waals surface area (Å²) in [5.74, 6) is -0.925. The van der Waals surface area contributed by atoms with Crippen LogP contribution in [0.2, 0.25) is 0 Å². The molecule has 3 N–H and O–H groups in total. The van der Waals surface area contributed by atoms with Crippen molar-refractivity contribution in [3.8, 4) is 0 Å². The Balaban J connectivity index is 1.85. The molecule has 6 nitrogen and oxygen atoms in total. The zero-order chi connectivity index (χ0) is 13.0. The third kappa shape index (κ3) is 3.44. The van der Waals surface area contributed by atoms with Crippen molar-refractivity contribution >= 4 is 17.7 Å². The van der Waals surface area contributed by atoms with Crippen molar-refractivity contribution in [2.75, 3.05) is 5.32 Å². The molecule has 0 saturated heterocycles. The van der Waals surface area contributed by atoms with Gasteiger partial charge in [-0.05, 0) is 31.4 Å². The van der Waals surface area contributed by atoms with E-state index in [0.717, 1.165) is 19.3 Å². The van der Waals surface area contributed by atoms with Crippen molar-refractivity contribution < 1.29 is 14.7 Å². The summed E-state index contributed by atoms with van der Waals surface area (Å²) in [6, 6.07) is 3.27. The third-order valence-electron chi connectivity index (χ3n) is 2.86. The number of carbonyl (C=O) groups is 2. The molecule has 1 heterocycles. The molecule has 1 aromatic heterocycles. The van der Waals surface area contributed by atoms with Gasteiger partial charge in [-0.15, -0.1) is 0 Å². The summed E-state index contributed by atoms with van der Waals surface area (Å²) < 4.78 is 0. The van der Waals surface area contributed by atoms with Gasteiger partial charge in [0, 0.05) is 6.04 Å². The largest absolute Gasteiger partial charge is 0.481 e. The first-order chi connectivity index (χ1) is 8.63. The second kappa shape index (κ2) is 5.48. The zero-order valence-electron chi connectivity index (χ0n) is 9.85. The van der Waals surface area contributed by atoms with E-state index in [2.05, 4.69) is 15.6 Å². The van der Waals surface area contributed by atoms with Gasteiger partial charge >= 0.3 is 12.0 Å². The molecule has 1 fully saturated rings. The normalized spacial score (nSPS) is 14.7. The van der Waals surface area contributed by atoms with Crippen LogP contribution in [0.1, 0.15) is 25.0 Å². The molecular weight excluding hydrogens is 234 g/mol. The summed E-state index contributed by atoms with van der Waals surface area (Å²) in [4.78, 5) is 26.0. The van der Waals surface area contributed by atoms with Crippen molar-refractivity contribution in [3.05, 3.63) is 24.0 Å². The number of hydrogen-bond acceptors (Lipinski definition) is 3. The maximum Gasteiger partial charge on any atom is 0.319 e. The third-order valence-corrected chi connectivity index (χ3v) is 2.86. The number of urea groups is 1. The van der Waals surface area contributed by atoms with Crippen LogP contribution in [0, 0.1) is 0 Å². The van der Waals surface area contributed by atoms with Crippen LogP contribution in [0.15, 0.2) is 18.3 Å². The van der Waals surface area contributed by atoms with Crippen LogP contribution in [-0.4, -0.2) is 28.1 Å². The number of pyridine rings is 1. The molecule has 18 heavy (non-hydrogen) atoms. The second-order valence-electron chi connectivity index (χ2n) is 4.34. The van der Waals surface area contributed by atoms with E-state index in [1.54, 1.807) is 12.1 Å². The average Bonchev–Trinajstić information content (AvgIpc) is 2.26. The lowest BCUT2D eigenvalue weighted by atomic mass is 9.93. The highest BCUT2D eigenvalue weighted by Crippen LogP contribution is 2.18. The minimum atomic E-state index is -0.925. The molecule has 0 radical (unpaired) electrons. The van der Waals surface area contributed by atoms with E-state index < -0.39 is 5.97 Å². The minimum absolute atomic E-state index is 0.117. The maximum atomic E-state index is 11.5. The van der Waals surface area contributed by atoms with Crippen LogP contribution in [0.5, 0.6) is 0 Å². The fraction of sp³-hybridized carbons (Fsp3) is 0.417.